The molecule has 2 fully saturated rings. The van der Waals surface area contributed by atoms with Crippen molar-refractivity contribution in [3.63, 3.8) is 0 Å². The molecule has 0 radical (unpaired) electrons. The molecule has 3 rings (SSSR count). The van der Waals surface area contributed by atoms with E-state index in [0.29, 0.717) is 17.1 Å². The maximum absolute atomic E-state index is 14.0. The Balaban J connectivity index is 1.75. The van der Waals surface area contributed by atoms with Gasteiger partial charge in [-0.1, -0.05) is 36.9 Å². The summed E-state index contributed by atoms with van der Waals surface area (Å²) in [6, 6.07) is 4.97. The predicted octanol–water partition coefficient (Wildman–Crippen LogP) is 3.98. The summed E-state index contributed by atoms with van der Waals surface area (Å²) in [4.78, 5) is 2.38. The van der Waals surface area contributed by atoms with E-state index in [4.69, 9.17) is 11.6 Å². The molecule has 1 aliphatic carbocycles. The summed E-state index contributed by atoms with van der Waals surface area (Å²) in [5.41, 5.74) is 0.888. The molecule has 116 valence electrons. The Morgan fingerprint density at radius 1 is 1.19 bits per heavy atom. The van der Waals surface area contributed by atoms with E-state index in [2.05, 4.69) is 10.2 Å². The van der Waals surface area contributed by atoms with Gasteiger partial charge in [-0.2, -0.15) is 0 Å². The molecular formula is C17H24ClFN2. The van der Waals surface area contributed by atoms with Crippen LogP contribution < -0.4 is 5.32 Å². The third-order valence-corrected chi connectivity index (χ3v) is 5.29. The van der Waals surface area contributed by atoms with Gasteiger partial charge in [-0.3, -0.25) is 4.90 Å². The number of nitrogens with one attached hydrogen (secondary N) is 1. The first-order valence-corrected chi connectivity index (χ1v) is 8.47. The Hall–Kier alpha value is -0.640. The summed E-state index contributed by atoms with van der Waals surface area (Å²) in [7, 11) is 0. The fourth-order valence-corrected chi connectivity index (χ4v) is 4.05. The summed E-state index contributed by atoms with van der Waals surface area (Å²) >= 11 is 6.18. The summed E-state index contributed by atoms with van der Waals surface area (Å²) in [6.07, 6.45) is 7.57. The van der Waals surface area contributed by atoms with Crippen molar-refractivity contribution in [3.8, 4) is 0 Å². The predicted molar refractivity (Wildman–Crippen MR) is 85.1 cm³/mol. The van der Waals surface area contributed by atoms with E-state index in [1.807, 2.05) is 0 Å². The highest BCUT2D eigenvalue weighted by Gasteiger charge is 2.35. The Morgan fingerprint density at radius 2 is 2.00 bits per heavy atom. The van der Waals surface area contributed by atoms with E-state index < -0.39 is 0 Å². The molecule has 1 aliphatic heterocycles. The maximum Gasteiger partial charge on any atom is 0.129 e. The molecule has 1 heterocycles. The first-order chi connectivity index (χ1) is 10.2. The van der Waals surface area contributed by atoms with Gasteiger partial charge in [0.2, 0.25) is 0 Å². The zero-order valence-electron chi connectivity index (χ0n) is 12.5. The standard InChI is InChI=1S/C17H24ClFN2/c18-15-6-4-7-16(19)14(15)12-21-11-5-10-20-17(13-21)8-2-1-3-9-17/h4,6-7,20H,1-3,5,8-13H2. The molecule has 1 N–H and O–H groups in total. The van der Waals surface area contributed by atoms with Crippen LogP contribution in [0.4, 0.5) is 4.39 Å². The lowest BCUT2D eigenvalue weighted by Gasteiger charge is -2.40. The number of hydrogen-bond acceptors (Lipinski definition) is 2. The van der Waals surface area contributed by atoms with E-state index in [-0.39, 0.29) is 11.4 Å². The Morgan fingerprint density at radius 3 is 2.76 bits per heavy atom. The first-order valence-electron chi connectivity index (χ1n) is 8.09. The SMILES string of the molecule is Fc1cccc(Cl)c1CN1CCCNC2(CCCCC2)C1. The molecule has 1 aromatic carbocycles. The summed E-state index contributed by atoms with van der Waals surface area (Å²) in [5, 5.41) is 4.32. The zero-order valence-corrected chi connectivity index (χ0v) is 13.3. The molecule has 2 aliphatic rings. The highest BCUT2D eigenvalue weighted by Crippen LogP contribution is 2.31. The fourth-order valence-electron chi connectivity index (χ4n) is 3.82. The van der Waals surface area contributed by atoms with Crippen LogP contribution >= 0.6 is 11.6 Å². The van der Waals surface area contributed by atoms with Crippen LogP contribution in [0.15, 0.2) is 18.2 Å². The molecule has 1 saturated carbocycles. The number of nitrogens with zero attached hydrogens (tertiary/aromatic N) is 1. The van der Waals surface area contributed by atoms with Crippen LogP contribution in [0.5, 0.6) is 0 Å². The maximum atomic E-state index is 14.0. The quantitative estimate of drug-likeness (QED) is 0.889. The van der Waals surface area contributed by atoms with Gasteiger partial charge >= 0.3 is 0 Å². The molecule has 1 aromatic rings. The van der Waals surface area contributed by atoms with Gasteiger partial charge in [0.1, 0.15) is 5.82 Å². The molecule has 1 saturated heterocycles. The molecule has 0 unspecified atom stereocenters. The number of benzene rings is 1. The van der Waals surface area contributed by atoms with Crippen LogP contribution in [0.25, 0.3) is 0 Å². The smallest absolute Gasteiger partial charge is 0.129 e. The van der Waals surface area contributed by atoms with E-state index in [1.165, 1.54) is 38.2 Å². The van der Waals surface area contributed by atoms with Crippen molar-refractivity contribution >= 4 is 11.6 Å². The molecule has 1 spiro atoms. The molecule has 0 aromatic heterocycles. The second-order valence-electron chi connectivity index (χ2n) is 6.53. The lowest BCUT2D eigenvalue weighted by molar-refractivity contribution is 0.158. The number of rotatable bonds is 2. The molecule has 2 nitrogen and oxygen atoms in total. The summed E-state index contributed by atoms with van der Waals surface area (Å²) in [5.74, 6) is -0.183. The van der Waals surface area contributed by atoms with E-state index in [1.54, 1.807) is 12.1 Å². The highest BCUT2D eigenvalue weighted by atomic mass is 35.5. The van der Waals surface area contributed by atoms with Crippen LogP contribution in [-0.4, -0.2) is 30.1 Å². The normalized spacial score (nSPS) is 23.1. The molecular weight excluding hydrogens is 287 g/mol. The lowest BCUT2D eigenvalue weighted by Crippen LogP contribution is -2.52. The molecule has 4 heteroatoms. The fraction of sp³-hybridized carbons (Fsp3) is 0.647. The number of hydrogen-bond donors (Lipinski definition) is 1. The van der Waals surface area contributed by atoms with Crippen molar-refractivity contribution < 1.29 is 4.39 Å². The van der Waals surface area contributed by atoms with Crippen molar-refractivity contribution in [2.75, 3.05) is 19.6 Å². The van der Waals surface area contributed by atoms with Crippen LogP contribution in [-0.2, 0) is 6.54 Å². The third kappa shape index (κ3) is 3.58. The van der Waals surface area contributed by atoms with E-state index in [0.717, 1.165) is 26.1 Å². The Bertz CT molecular complexity index is 465. The van der Waals surface area contributed by atoms with E-state index >= 15 is 0 Å². The third-order valence-electron chi connectivity index (χ3n) is 4.93. The largest absolute Gasteiger partial charge is 0.310 e. The van der Waals surface area contributed by atoms with Crippen molar-refractivity contribution in [1.82, 2.24) is 10.2 Å². The first kappa shape index (κ1) is 15.3. The molecule has 0 amide bonds. The van der Waals surface area contributed by atoms with E-state index in [9.17, 15) is 4.39 Å². The lowest BCUT2D eigenvalue weighted by atomic mass is 9.81. The topological polar surface area (TPSA) is 15.3 Å². The van der Waals surface area contributed by atoms with Crippen LogP contribution in [0, 0.1) is 5.82 Å². The van der Waals surface area contributed by atoms with Crippen molar-refractivity contribution in [1.29, 1.82) is 0 Å². The minimum atomic E-state index is -0.183. The minimum Gasteiger partial charge on any atom is -0.310 e. The van der Waals surface area contributed by atoms with Gasteiger partial charge in [0.05, 0.1) is 0 Å². The van der Waals surface area contributed by atoms with Crippen LogP contribution in [0.2, 0.25) is 5.02 Å². The Kier molecular flexibility index (Phi) is 4.82. The van der Waals surface area contributed by atoms with Gasteiger partial charge in [-0.25, -0.2) is 4.39 Å². The van der Waals surface area contributed by atoms with Crippen LogP contribution in [0.1, 0.15) is 44.1 Å². The summed E-state index contributed by atoms with van der Waals surface area (Å²) < 4.78 is 14.0. The zero-order chi connectivity index (χ0) is 14.7. The van der Waals surface area contributed by atoms with Gasteiger partial charge in [-0.15, -0.1) is 0 Å². The molecule has 21 heavy (non-hydrogen) atoms. The van der Waals surface area contributed by atoms with Gasteiger partial charge < -0.3 is 5.32 Å². The van der Waals surface area contributed by atoms with Gasteiger partial charge in [0, 0.05) is 29.2 Å². The Labute approximate surface area is 131 Å². The molecule has 0 bridgehead atoms. The van der Waals surface area contributed by atoms with Gasteiger partial charge in [-0.05, 0) is 44.5 Å². The highest BCUT2D eigenvalue weighted by molar-refractivity contribution is 6.31. The monoisotopic (exact) mass is 310 g/mol. The van der Waals surface area contributed by atoms with Crippen LogP contribution in [0.3, 0.4) is 0 Å². The summed E-state index contributed by atoms with van der Waals surface area (Å²) in [6.45, 7) is 3.72. The second kappa shape index (κ2) is 6.64. The molecule has 0 atom stereocenters. The minimum absolute atomic E-state index is 0.183. The van der Waals surface area contributed by atoms with Crippen molar-refractivity contribution in [2.24, 2.45) is 0 Å². The second-order valence-corrected chi connectivity index (χ2v) is 6.94. The number of halogens is 2. The average molecular weight is 311 g/mol. The van der Waals surface area contributed by atoms with Gasteiger partial charge in [0.15, 0.2) is 0 Å². The van der Waals surface area contributed by atoms with Crippen molar-refractivity contribution in [3.05, 3.63) is 34.6 Å². The van der Waals surface area contributed by atoms with Gasteiger partial charge in [0.25, 0.3) is 0 Å². The average Bonchev–Trinajstić information content (AvgIpc) is 2.66. The van der Waals surface area contributed by atoms with Crippen molar-refractivity contribution in [2.45, 2.75) is 50.6 Å².